The zero-order valence-corrected chi connectivity index (χ0v) is 13.0. The van der Waals surface area contributed by atoms with Crippen LogP contribution < -0.4 is 5.32 Å². The Kier molecular flexibility index (Phi) is 5.38. The van der Waals surface area contributed by atoms with Gasteiger partial charge in [0.25, 0.3) is 0 Å². The highest BCUT2D eigenvalue weighted by Gasteiger charge is 2.17. The van der Waals surface area contributed by atoms with E-state index < -0.39 is 11.8 Å². The number of nitrogens with one attached hydrogen (secondary N) is 2. The summed E-state index contributed by atoms with van der Waals surface area (Å²) in [6, 6.07) is 2.93. The Bertz CT molecular complexity index is 654. The second-order valence-electron chi connectivity index (χ2n) is 4.49. The molecule has 0 fully saturated rings. The average molecular weight is 355 g/mol. The van der Waals surface area contributed by atoms with Crippen LogP contribution in [0.2, 0.25) is 0 Å². The zero-order chi connectivity index (χ0) is 15.2. The maximum atomic E-state index is 13.6. The lowest BCUT2D eigenvalue weighted by Gasteiger charge is -2.05. The van der Waals surface area contributed by atoms with Gasteiger partial charge in [-0.05, 0) is 47.1 Å². The predicted molar refractivity (Wildman–Crippen MR) is 83.7 cm³/mol. The quantitative estimate of drug-likeness (QED) is 0.588. The number of H-pyrrole nitrogens is 1. The van der Waals surface area contributed by atoms with Crippen LogP contribution in [0.25, 0.3) is 10.9 Å². The van der Waals surface area contributed by atoms with Gasteiger partial charge in [0.15, 0.2) is 0 Å². The number of carbonyl (C=O) groups is 1. The van der Waals surface area contributed by atoms with E-state index in [0.717, 1.165) is 19.4 Å². The molecule has 4 nitrogen and oxygen atoms in total. The number of esters is 1. The molecule has 0 atom stereocenters. The summed E-state index contributed by atoms with van der Waals surface area (Å²) in [6.45, 7) is 4.68. The highest BCUT2D eigenvalue weighted by atomic mass is 79.9. The number of ether oxygens (including phenoxy) is 1. The highest BCUT2D eigenvalue weighted by molar-refractivity contribution is 9.10. The molecule has 2 rings (SSSR count). The minimum atomic E-state index is -0.454. The van der Waals surface area contributed by atoms with Gasteiger partial charge in [0.05, 0.1) is 16.6 Å². The van der Waals surface area contributed by atoms with Crippen molar-refractivity contribution in [3.63, 3.8) is 0 Å². The fourth-order valence-electron chi connectivity index (χ4n) is 1.99. The van der Waals surface area contributed by atoms with Crippen molar-refractivity contribution in [3.8, 4) is 0 Å². The first kappa shape index (κ1) is 15.6. The minimum Gasteiger partial charge on any atom is -0.462 e. The van der Waals surface area contributed by atoms with Crippen LogP contribution in [-0.2, 0) is 4.74 Å². The Morgan fingerprint density at radius 1 is 1.48 bits per heavy atom. The average Bonchev–Trinajstić information content (AvgIpc) is 2.91. The van der Waals surface area contributed by atoms with E-state index in [-0.39, 0.29) is 4.47 Å². The maximum absolute atomic E-state index is 13.6. The van der Waals surface area contributed by atoms with Crippen molar-refractivity contribution in [1.82, 2.24) is 10.3 Å². The molecular formula is C15H16BrFN2O2. The number of benzene rings is 1. The van der Waals surface area contributed by atoms with E-state index in [1.54, 1.807) is 12.3 Å². The van der Waals surface area contributed by atoms with Gasteiger partial charge in [-0.3, -0.25) is 0 Å². The molecule has 0 bridgehead atoms. The monoisotopic (exact) mass is 354 g/mol. The molecule has 2 N–H and O–H groups in total. The lowest BCUT2D eigenvalue weighted by Crippen LogP contribution is -2.10. The molecule has 6 heteroatoms. The first-order valence-corrected chi connectivity index (χ1v) is 7.41. The summed E-state index contributed by atoms with van der Waals surface area (Å²) in [7, 11) is 0. The lowest BCUT2D eigenvalue weighted by atomic mass is 10.2. The first-order valence-electron chi connectivity index (χ1n) is 6.61. The predicted octanol–water partition coefficient (Wildman–Crippen LogP) is 3.74. The molecule has 0 amide bonds. The number of hydrogen-bond acceptors (Lipinski definition) is 3. The number of carbonyl (C=O) groups excluding carboxylic acids is 1. The molecule has 0 spiro atoms. The highest BCUT2D eigenvalue weighted by Crippen LogP contribution is 2.29. The van der Waals surface area contributed by atoms with Gasteiger partial charge in [-0.1, -0.05) is 6.58 Å². The van der Waals surface area contributed by atoms with Gasteiger partial charge >= 0.3 is 5.97 Å². The fourth-order valence-corrected chi connectivity index (χ4v) is 2.55. The summed E-state index contributed by atoms with van der Waals surface area (Å²) in [4.78, 5) is 15.0. The smallest absolute Gasteiger partial charge is 0.340 e. The molecule has 2 aromatic rings. The fraction of sp³-hybridized carbons (Fsp3) is 0.267. The number of rotatable bonds is 7. The van der Waals surface area contributed by atoms with E-state index in [1.165, 1.54) is 12.3 Å². The number of unbranched alkanes of at least 4 members (excludes halogenated alkanes) is 1. The van der Waals surface area contributed by atoms with Crippen LogP contribution in [0.15, 0.2) is 35.6 Å². The summed E-state index contributed by atoms with van der Waals surface area (Å²) < 4.78 is 19.0. The molecule has 0 aliphatic carbocycles. The molecule has 112 valence electrons. The molecule has 1 aromatic carbocycles. The number of fused-ring (bicyclic) bond motifs is 1. The summed E-state index contributed by atoms with van der Waals surface area (Å²) in [5.74, 6) is -0.865. The van der Waals surface area contributed by atoms with Crippen molar-refractivity contribution >= 4 is 32.8 Å². The number of aromatic amines is 1. The second kappa shape index (κ2) is 7.26. The summed E-state index contributed by atoms with van der Waals surface area (Å²) >= 11 is 3.17. The Hall–Kier alpha value is -1.82. The van der Waals surface area contributed by atoms with Crippen molar-refractivity contribution < 1.29 is 13.9 Å². The molecular weight excluding hydrogens is 339 g/mol. The van der Waals surface area contributed by atoms with Gasteiger partial charge in [-0.15, -0.1) is 0 Å². The largest absolute Gasteiger partial charge is 0.462 e. The normalized spacial score (nSPS) is 10.6. The van der Waals surface area contributed by atoms with Gasteiger partial charge in [-0.25, -0.2) is 9.18 Å². The van der Waals surface area contributed by atoms with Crippen LogP contribution in [0, 0.1) is 5.82 Å². The number of halogens is 2. The molecule has 0 saturated heterocycles. The van der Waals surface area contributed by atoms with E-state index in [0.29, 0.717) is 23.1 Å². The van der Waals surface area contributed by atoms with Crippen molar-refractivity contribution in [1.29, 1.82) is 0 Å². The van der Waals surface area contributed by atoms with Crippen LogP contribution in [-0.4, -0.2) is 24.1 Å². The van der Waals surface area contributed by atoms with Crippen molar-refractivity contribution in [3.05, 3.63) is 47.0 Å². The molecule has 0 radical (unpaired) electrons. The van der Waals surface area contributed by atoms with Crippen molar-refractivity contribution in [2.45, 2.75) is 12.8 Å². The van der Waals surface area contributed by atoms with Crippen LogP contribution >= 0.6 is 15.9 Å². The van der Waals surface area contributed by atoms with E-state index in [9.17, 15) is 9.18 Å². The topological polar surface area (TPSA) is 54.1 Å². The van der Waals surface area contributed by atoms with E-state index in [4.69, 9.17) is 4.74 Å². The molecule has 0 unspecified atom stereocenters. The van der Waals surface area contributed by atoms with Gasteiger partial charge < -0.3 is 15.0 Å². The molecule has 1 heterocycles. The Morgan fingerprint density at radius 3 is 3.05 bits per heavy atom. The molecule has 1 aromatic heterocycles. The molecule has 21 heavy (non-hydrogen) atoms. The summed E-state index contributed by atoms with van der Waals surface area (Å²) in [5.41, 5.74) is 1.02. The molecule has 0 aliphatic rings. The minimum absolute atomic E-state index is 0.267. The van der Waals surface area contributed by atoms with E-state index in [2.05, 4.69) is 32.8 Å². The number of hydrogen-bond donors (Lipinski definition) is 2. The Labute approximate surface area is 130 Å². The molecule has 0 aliphatic heterocycles. The van der Waals surface area contributed by atoms with Crippen molar-refractivity contribution in [2.24, 2.45) is 0 Å². The van der Waals surface area contributed by atoms with Gasteiger partial charge in [0, 0.05) is 23.6 Å². The van der Waals surface area contributed by atoms with Crippen molar-refractivity contribution in [2.75, 3.05) is 13.2 Å². The lowest BCUT2D eigenvalue weighted by molar-refractivity contribution is 0.0501. The Morgan fingerprint density at radius 2 is 2.29 bits per heavy atom. The third-order valence-electron chi connectivity index (χ3n) is 3.05. The van der Waals surface area contributed by atoms with Crippen LogP contribution in [0.1, 0.15) is 23.2 Å². The van der Waals surface area contributed by atoms with Crippen LogP contribution in [0.5, 0.6) is 0 Å². The number of aromatic nitrogens is 1. The van der Waals surface area contributed by atoms with Gasteiger partial charge in [0.2, 0.25) is 0 Å². The third kappa shape index (κ3) is 3.64. The van der Waals surface area contributed by atoms with E-state index >= 15 is 0 Å². The third-order valence-corrected chi connectivity index (χ3v) is 3.82. The first-order chi connectivity index (χ1) is 10.1. The standard InChI is InChI=1S/C15H16BrFN2O2/c1-2-18-7-3-4-8-21-15(20)10-9-19-12-6-5-11(17)14(16)13(10)12/h2,5-6,9,18-19H,1,3-4,7-8H2. The summed E-state index contributed by atoms with van der Waals surface area (Å²) in [5, 5.41) is 3.48. The molecule has 0 saturated carbocycles. The second-order valence-corrected chi connectivity index (χ2v) is 5.28. The Balaban J connectivity index is 2.00. The zero-order valence-electron chi connectivity index (χ0n) is 11.4. The summed E-state index contributed by atoms with van der Waals surface area (Å²) in [6.07, 6.45) is 4.80. The van der Waals surface area contributed by atoms with Crippen LogP contribution in [0.3, 0.4) is 0 Å². The van der Waals surface area contributed by atoms with E-state index in [1.807, 2.05) is 0 Å². The maximum Gasteiger partial charge on any atom is 0.340 e. The van der Waals surface area contributed by atoms with Crippen LogP contribution in [0.4, 0.5) is 4.39 Å². The van der Waals surface area contributed by atoms with Gasteiger partial charge in [0.1, 0.15) is 5.82 Å². The van der Waals surface area contributed by atoms with Gasteiger partial charge in [-0.2, -0.15) is 0 Å². The SMILES string of the molecule is C=CNCCCCOC(=O)c1c[nH]c2ccc(F)c(Br)c12.